The monoisotopic (exact) mass is 310 g/mol. The van der Waals surface area contributed by atoms with E-state index in [1.807, 2.05) is 0 Å². The Morgan fingerprint density at radius 1 is 1.45 bits per heavy atom. The number of hydrogen-bond acceptors (Lipinski definition) is 3. The first-order chi connectivity index (χ1) is 8.82. The van der Waals surface area contributed by atoms with Gasteiger partial charge < -0.3 is 28.2 Å². The van der Waals surface area contributed by atoms with Gasteiger partial charge in [0.2, 0.25) is 5.82 Å². The van der Waals surface area contributed by atoms with Crippen LogP contribution >= 0.6 is 0 Å². The summed E-state index contributed by atoms with van der Waals surface area (Å²) in [6, 6.07) is 4.61. The van der Waals surface area contributed by atoms with Crippen molar-refractivity contribution in [2.75, 3.05) is 11.9 Å². The molecule has 0 saturated carbocycles. The van der Waals surface area contributed by atoms with Crippen molar-refractivity contribution in [3.05, 3.63) is 41.7 Å². The van der Waals surface area contributed by atoms with Gasteiger partial charge in [0.05, 0.1) is 12.2 Å². The summed E-state index contributed by atoms with van der Waals surface area (Å²) in [6.07, 6.45) is -3.34. The molecule has 0 aliphatic heterocycles. The van der Waals surface area contributed by atoms with Crippen molar-refractivity contribution in [2.24, 2.45) is 0 Å². The molecule has 4 nitrogen and oxygen atoms in total. The van der Waals surface area contributed by atoms with Crippen molar-refractivity contribution < 1.29 is 40.8 Å². The Morgan fingerprint density at radius 2 is 2.10 bits per heavy atom. The third-order valence-corrected chi connectivity index (χ3v) is 2.07. The Kier molecular flexibility index (Phi) is 7.09. The van der Waals surface area contributed by atoms with Crippen LogP contribution in [0.1, 0.15) is 12.5 Å². The third-order valence-electron chi connectivity index (χ3n) is 2.07. The van der Waals surface area contributed by atoms with Crippen LogP contribution in [0, 0.1) is 0 Å². The molecule has 0 fully saturated rings. The summed E-state index contributed by atoms with van der Waals surface area (Å²) in [6.45, 7) is 1.86. The Bertz CT molecular complexity index is 490. The molecular formula is C12H14ClF3N2O2. The minimum Gasteiger partial charge on any atom is -1.00 e. The second-order valence-corrected chi connectivity index (χ2v) is 3.63. The number of halogens is 4. The van der Waals surface area contributed by atoms with Crippen LogP contribution in [0.2, 0.25) is 0 Å². The van der Waals surface area contributed by atoms with Crippen molar-refractivity contribution in [1.29, 1.82) is 0 Å². The maximum Gasteiger partial charge on any atom is 0.416 e. The molecule has 1 aromatic rings. The van der Waals surface area contributed by atoms with Crippen molar-refractivity contribution in [3.8, 4) is 0 Å². The van der Waals surface area contributed by atoms with Crippen LogP contribution in [0.25, 0.3) is 0 Å². The van der Waals surface area contributed by atoms with Gasteiger partial charge in [-0.2, -0.15) is 13.2 Å². The Morgan fingerprint density at radius 3 is 2.65 bits per heavy atom. The van der Waals surface area contributed by atoms with Crippen LogP contribution in [-0.2, 0) is 15.7 Å². The first-order valence-electron chi connectivity index (χ1n) is 5.47. The van der Waals surface area contributed by atoms with E-state index in [1.165, 1.54) is 12.1 Å². The molecule has 0 atom stereocenters. The Labute approximate surface area is 120 Å². The largest absolute Gasteiger partial charge is 1.00 e. The fraction of sp³-hybridized carbons (Fsp3) is 0.250. The van der Waals surface area contributed by atoms with E-state index in [1.54, 1.807) is 6.92 Å². The molecule has 1 aromatic carbocycles. The van der Waals surface area contributed by atoms with Crippen LogP contribution < -0.4 is 23.5 Å². The van der Waals surface area contributed by atoms with Crippen molar-refractivity contribution in [2.45, 2.75) is 13.1 Å². The number of esters is 1. The van der Waals surface area contributed by atoms with Gasteiger partial charge in [0.15, 0.2) is 0 Å². The number of ether oxygens (including phenoxy) is 1. The van der Waals surface area contributed by atoms with E-state index in [9.17, 15) is 18.0 Å². The number of rotatable bonds is 4. The first-order valence-corrected chi connectivity index (χ1v) is 5.47. The summed E-state index contributed by atoms with van der Waals surface area (Å²) < 4.78 is 42.1. The fourth-order valence-electron chi connectivity index (χ4n) is 1.32. The predicted octanol–water partition coefficient (Wildman–Crippen LogP) is -1.23. The number of quaternary nitrogens is 1. The van der Waals surface area contributed by atoms with Gasteiger partial charge in [-0.3, -0.25) is 0 Å². The zero-order valence-corrected chi connectivity index (χ0v) is 11.4. The summed E-state index contributed by atoms with van der Waals surface area (Å²) in [7, 11) is 0. The highest BCUT2D eigenvalue weighted by Gasteiger charge is 2.30. The van der Waals surface area contributed by atoms with Gasteiger partial charge in [-0.15, -0.1) is 0 Å². The van der Waals surface area contributed by atoms with Crippen molar-refractivity contribution in [1.82, 2.24) is 0 Å². The average Bonchev–Trinajstić information content (AvgIpc) is 2.28. The van der Waals surface area contributed by atoms with Gasteiger partial charge in [0.25, 0.3) is 0 Å². The molecule has 0 aliphatic carbocycles. The first kappa shape index (κ1) is 18.3. The molecule has 4 N–H and O–H groups in total. The molecule has 0 bridgehead atoms. The maximum absolute atomic E-state index is 12.5. The van der Waals surface area contributed by atoms with E-state index >= 15 is 0 Å². The number of carbonyl (C=O) groups excluding carboxylic acids is 1. The third kappa shape index (κ3) is 5.94. The van der Waals surface area contributed by atoms with Crippen LogP contribution in [0.5, 0.6) is 0 Å². The molecule has 8 heteroatoms. The van der Waals surface area contributed by atoms with E-state index in [-0.39, 0.29) is 30.5 Å². The molecule has 20 heavy (non-hydrogen) atoms. The number of hydrogen-bond donors (Lipinski definition) is 2. The summed E-state index contributed by atoms with van der Waals surface area (Å²) in [5, 5.41) is 2.59. The highest BCUT2D eigenvalue weighted by molar-refractivity contribution is 5.82. The minimum absolute atomic E-state index is 0. The average molecular weight is 311 g/mol. The molecule has 0 radical (unpaired) electrons. The molecule has 0 saturated heterocycles. The van der Waals surface area contributed by atoms with E-state index in [4.69, 9.17) is 0 Å². The lowest BCUT2D eigenvalue weighted by molar-refractivity contribution is -0.299. The lowest BCUT2D eigenvalue weighted by Gasteiger charge is -2.09. The maximum atomic E-state index is 12.5. The van der Waals surface area contributed by atoms with E-state index in [2.05, 4.69) is 15.8 Å². The zero-order chi connectivity index (χ0) is 14.5. The molecule has 0 unspecified atom stereocenters. The SMILES string of the molecule is CCOC(=O)/C=C(\[NH3+])Nc1cccc(C(F)(F)F)c1.[Cl-]. The Balaban J connectivity index is 0.00000361. The lowest BCUT2D eigenvalue weighted by atomic mass is 10.2. The molecule has 0 aliphatic rings. The lowest BCUT2D eigenvalue weighted by Crippen LogP contribution is -3.00. The van der Waals surface area contributed by atoms with Gasteiger partial charge in [-0.25, -0.2) is 4.79 Å². The topological polar surface area (TPSA) is 66.0 Å². The van der Waals surface area contributed by atoms with Crippen LogP contribution in [0.4, 0.5) is 18.9 Å². The van der Waals surface area contributed by atoms with Crippen molar-refractivity contribution >= 4 is 11.7 Å². The van der Waals surface area contributed by atoms with Gasteiger partial charge in [-0.1, -0.05) is 6.07 Å². The second-order valence-electron chi connectivity index (χ2n) is 3.63. The molecule has 0 heterocycles. The normalized spacial score (nSPS) is 11.6. The number of anilines is 1. The molecule has 0 aromatic heterocycles. The van der Waals surface area contributed by atoms with E-state index in [0.29, 0.717) is 0 Å². The summed E-state index contributed by atoms with van der Waals surface area (Å²) in [4.78, 5) is 11.1. The molecule has 1 rings (SSSR count). The van der Waals surface area contributed by atoms with Gasteiger partial charge in [0.1, 0.15) is 6.08 Å². The second kappa shape index (κ2) is 7.76. The molecule has 0 amide bonds. The number of nitrogens with one attached hydrogen (secondary N) is 1. The van der Waals surface area contributed by atoms with Gasteiger partial charge in [-0.05, 0) is 25.1 Å². The number of alkyl halides is 3. The van der Waals surface area contributed by atoms with E-state index < -0.39 is 17.7 Å². The number of benzene rings is 1. The highest BCUT2D eigenvalue weighted by Crippen LogP contribution is 2.30. The fourth-order valence-corrected chi connectivity index (χ4v) is 1.32. The van der Waals surface area contributed by atoms with Gasteiger partial charge in [0, 0.05) is 5.69 Å². The molecule has 0 spiro atoms. The highest BCUT2D eigenvalue weighted by atomic mass is 35.5. The van der Waals surface area contributed by atoms with E-state index in [0.717, 1.165) is 18.2 Å². The summed E-state index contributed by atoms with van der Waals surface area (Å²) in [5.74, 6) is -0.454. The van der Waals surface area contributed by atoms with Crippen LogP contribution in [0.15, 0.2) is 36.2 Å². The smallest absolute Gasteiger partial charge is 0.416 e. The minimum atomic E-state index is -4.41. The van der Waals surface area contributed by atoms with Crippen LogP contribution in [0.3, 0.4) is 0 Å². The standard InChI is InChI=1S/C12H13F3N2O2.ClH/c1-2-19-11(18)7-10(16)17-9-5-3-4-8(6-9)12(13,14)15;/h3-7,17H,2,16H2,1H3;1H/b10-7+;. The van der Waals surface area contributed by atoms with Crippen LogP contribution in [-0.4, -0.2) is 12.6 Å². The summed E-state index contributed by atoms with van der Waals surface area (Å²) in [5.41, 5.74) is 2.93. The molecule has 112 valence electrons. The Hall–Kier alpha value is -1.73. The molecular weight excluding hydrogens is 297 g/mol. The zero-order valence-electron chi connectivity index (χ0n) is 10.6. The summed E-state index contributed by atoms with van der Waals surface area (Å²) >= 11 is 0. The quantitative estimate of drug-likeness (QED) is 0.540. The number of carbonyl (C=O) groups is 1. The van der Waals surface area contributed by atoms with Gasteiger partial charge >= 0.3 is 12.1 Å². The van der Waals surface area contributed by atoms with Crippen molar-refractivity contribution in [3.63, 3.8) is 0 Å². The predicted molar refractivity (Wildman–Crippen MR) is 62.7 cm³/mol.